The van der Waals surface area contributed by atoms with Crippen molar-refractivity contribution in [1.82, 2.24) is 9.78 Å². The van der Waals surface area contributed by atoms with Crippen LogP contribution in [0.1, 0.15) is 11.1 Å². The molecule has 2 rings (SSSR count). The Morgan fingerprint density at radius 2 is 1.94 bits per heavy atom. The van der Waals surface area contributed by atoms with Crippen molar-refractivity contribution in [3.8, 4) is 0 Å². The van der Waals surface area contributed by atoms with Crippen molar-refractivity contribution in [1.29, 1.82) is 0 Å². The molecule has 0 unspecified atom stereocenters. The van der Waals surface area contributed by atoms with Crippen molar-refractivity contribution >= 4 is 23.2 Å². The SMILES string of the molecule is OCc1cnn(Cc2ccccc2Cl)c1Cl. The Balaban J connectivity index is 2.27. The highest BCUT2D eigenvalue weighted by molar-refractivity contribution is 6.31. The molecular formula is C11H10Cl2N2O. The van der Waals surface area contributed by atoms with E-state index in [2.05, 4.69) is 5.10 Å². The summed E-state index contributed by atoms with van der Waals surface area (Å²) in [4.78, 5) is 0. The van der Waals surface area contributed by atoms with Crippen LogP contribution < -0.4 is 0 Å². The van der Waals surface area contributed by atoms with Crippen molar-refractivity contribution in [2.45, 2.75) is 13.2 Å². The maximum absolute atomic E-state index is 8.99. The first kappa shape index (κ1) is 11.5. The largest absolute Gasteiger partial charge is 0.392 e. The van der Waals surface area contributed by atoms with Gasteiger partial charge in [0.1, 0.15) is 5.15 Å². The molecule has 16 heavy (non-hydrogen) atoms. The van der Waals surface area contributed by atoms with E-state index in [1.165, 1.54) is 0 Å². The van der Waals surface area contributed by atoms with E-state index < -0.39 is 0 Å². The lowest BCUT2D eigenvalue weighted by molar-refractivity contribution is 0.282. The van der Waals surface area contributed by atoms with Crippen molar-refractivity contribution in [3.05, 3.63) is 51.8 Å². The molecule has 5 heteroatoms. The first-order valence-electron chi connectivity index (χ1n) is 4.77. The molecule has 0 radical (unpaired) electrons. The Bertz CT molecular complexity index is 496. The molecular weight excluding hydrogens is 247 g/mol. The highest BCUT2D eigenvalue weighted by Crippen LogP contribution is 2.20. The number of halogens is 2. The molecule has 0 atom stereocenters. The predicted molar refractivity (Wildman–Crippen MR) is 63.7 cm³/mol. The summed E-state index contributed by atoms with van der Waals surface area (Å²) >= 11 is 12.1. The maximum Gasteiger partial charge on any atom is 0.132 e. The molecule has 0 spiro atoms. The van der Waals surface area contributed by atoms with Crippen LogP contribution in [0, 0.1) is 0 Å². The Kier molecular flexibility index (Phi) is 3.49. The monoisotopic (exact) mass is 256 g/mol. The lowest BCUT2D eigenvalue weighted by atomic mass is 10.2. The topological polar surface area (TPSA) is 38.1 Å². The Hall–Kier alpha value is -1.03. The molecule has 1 aromatic heterocycles. The number of aliphatic hydroxyl groups excluding tert-OH is 1. The second-order valence-electron chi connectivity index (χ2n) is 3.37. The minimum absolute atomic E-state index is 0.110. The Morgan fingerprint density at radius 1 is 1.19 bits per heavy atom. The zero-order valence-electron chi connectivity index (χ0n) is 8.40. The fourth-order valence-corrected chi connectivity index (χ4v) is 1.82. The lowest BCUT2D eigenvalue weighted by Gasteiger charge is -2.05. The van der Waals surface area contributed by atoms with Gasteiger partial charge in [-0.15, -0.1) is 0 Å². The van der Waals surface area contributed by atoms with E-state index >= 15 is 0 Å². The molecule has 1 N–H and O–H groups in total. The summed E-state index contributed by atoms with van der Waals surface area (Å²) in [5, 5.41) is 14.2. The number of nitrogens with zero attached hydrogens (tertiary/aromatic N) is 2. The molecule has 0 saturated heterocycles. The van der Waals surface area contributed by atoms with Gasteiger partial charge in [-0.25, -0.2) is 4.68 Å². The molecule has 1 aromatic carbocycles. The van der Waals surface area contributed by atoms with Crippen molar-refractivity contribution < 1.29 is 5.11 Å². The number of benzene rings is 1. The van der Waals surface area contributed by atoms with Gasteiger partial charge in [-0.3, -0.25) is 0 Å². The van der Waals surface area contributed by atoms with Crippen LogP contribution in [0.5, 0.6) is 0 Å². The second-order valence-corrected chi connectivity index (χ2v) is 4.13. The Morgan fingerprint density at radius 3 is 2.56 bits per heavy atom. The van der Waals surface area contributed by atoms with Crippen LogP contribution in [0.15, 0.2) is 30.5 Å². The minimum atomic E-state index is -0.110. The zero-order chi connectivity index (χ0) is 11.5. The number of aliphatic hydroxyl groups is 1. The standard InChI is InChI=1S/C11H10Cl2N2O/c12-10-4-2-1-3-8(10)6-15-11(13)9(7-16)5-14-15/h1-5,16H,6-7H2. The maximum atomic E-state index is 8.99. The summed E-state index contributed by atoms with van der Waals surface area (Å²) in [6, 6.07) is 7.52. The van der Waals surface area contributed by atoms with E-state index in [1.807, 2.05) is 24.3 Å². The van der Waals surface area contributed by atoms with E-state index in [9.17, 15) is 0 Å². The quantitative estimate of drug-likeness (QED) is 0.918. The molecule has 2 aromatic rings. The van der Waals surface area contributed by atoms with Gasteiger partial charge in [-0.1, -0.05) is 41.4 Å². The Labute approximate surface area is 103 Å². The number of hydrogen-bond donors (Lipinski definition) is 1. The van der Waals surface area contributed by atoms with Crippen LogP contribution in [-0.4, -0.2) is 14.9 Å². The zero-order valence-corrected chi connectivity index (χ0v) is 9.91. The molecule has 0 aliphatic heterocycles. The third-order valence-electron chi connectivity index (χ3n) is 2.29. The predicted octanol–water partition coefficient (Wildman–Crippen LogP) is 2.73. The van der Waals surface area contributed by atoms with Gasteiger partial charge in [0.15, 0.2) is 0 Å². The van der Waals surface area contributed by atoms with Gasteiger partial charge < -0.3 is 5.11 Å². The molecule has 0 bridgehead atoms. The number of hydrogen-bond acceptors (Lipinski definition) is 2. The summed E-state index contributed by atoms with van der Waals surface area (Å²) in [7, 11) is 0. The van der Waals surface area contributed by atoms with E-state index in [4.69, 9.17) is 28.3 Å². The van der Waals surface area contributed by atoms with Crippen molar-refractivity contribution in [3.63, 3.8) is 0 Å². The van der Waals surface area contributed by atoms with Crippen LogP contribution in [0.2, 0.25) is 10.2 Å². The minimum Gasteiger partial charge on any atom is -0.392 e. The molecule has 1 heterocycles. The molecule has 84 valence electrons. The van der Waals surface area contributed by atoms with Crippen LogP contribution in [0.3, 0.4) is 0 Å². The van der Waals surface area contributed by atoms with E-state index in [-0.39, 0.29) is 6.61 Å². The smallest absolute Gasteiger partial charge is 0.132 e. The summed E-state index contributed by atoms with van der Waals surface area (Å²) in [5.74, 6) is 0. The summed E-state index contributed by atoms with van der Waals surface area (Å²) in [6.45, 7) is 0.389. The molecule has 0 aliphatic rings. The van der Waals surface area contributed by atoms with Crippen molar-refractivity contribution in [2.24, 2.45) is 0 Å². The average Bonchev–Trinajstić information content (AvgIpc) is 2.63. The van der Waals surface area contributed by atoms with Crippen molar-refractivity contribution in [2.75, 3.05) is 0 Å². The second kappa shape index (κ2) is 4.87. The van der Waals surface area contributed by atoms with Gasteiger partial charge in [-0.2, -0.15) is 5.10 Å². The molecule has 0 fully saturated rings. The summed E-state index contributed by atoms with van der Waals surface area (Å²) in [6.07, 6.45) is 1.55. The normalized spacial score (nSPS) is 10.7. The molecule has 0 aliphatic carbocycles. The fourth-order valence-electron chi connectivity index (χ4n) is 1.41. The summed E-state index contributed by atoms with van der Waals surface area (Å²) < 4.78 is 1.61. The summed E-state index contributed by atoms with van der Waals surface area (Å²) in [5.41, 5.74) is 1.56. The van der Waals surface area contributed by atoms with Crippen LogP contribution in [0.4, 0.5) is 0 Å². The molecule has 0 saturated carbocycles. The van der Waals surface area contributed by atoms with Gasteiger partial charge in [0.25, 0.3) is 0 Å². The van der Waals surface area contributed by atoms with Crippen LogP contribution >= 0.6 is 23.2 Å². The number of rotatable bonds is 3. The van der Waals surface area contributed by atoms with Gasteiger partial charge in [-0.05, 0) is 11.6 Å². The first-order valence-corrected chi connectivity index (χ1v) is 5.52. The van der Waals surface area contributed by atoms with Gasteiger partial charge in [0, 0.05) is 10.6 Å². The molecule has 0 amide bonds. The van der Waals surface area contributed by atoms with Crippen LogP contribution in [0.25, 0.3) is 0 Å². The highest BCUT2D eigenvalue weighted by atomic mass is 35.5. The lowest BCUT2D eigenvalue weighted by Crippen LogP contribution is -2.02. The average molecular weight is 257 g/mol. The fraction of sp³-hybridized carbons (Fsp3) is 0.182. The first-order chi connectivity index (χ1) is 7.72. The van der Waals surface area contributed by atoms with E-state index in [1.54, 1.807) is 10.9 Å². The molecule has 3 nitrogen and oxygen atoms in total. The third kappa shape index (κ3) is 2.21. The van der Waals surface area contributed by atoms with Gasteiger partial charge in [0.2, 0.25) is 0 Å². The number of aromatic nitrogens is 2. The van der Waals surface area contributed by atoms with E-state index in [0.717, 1.165) is 5.56 Å². The highest BCUT2D eigenvalue weighted by Gasteiger charge is 2.08. The van der Waals surface area contributed by atoms with E-state index in [0.29, 0.717) is 22.3 Å². The van der Waals surface area contributed by atoms with Gasteiger partial charge in [0.05, 0.1) is 19.3 Å². The van der Waals surface area contributed by atoms with Crippen LogP contribution in [-0.2, 0) is 13.2 Å². The third-order valence-corrected chi connectivity index (χ3v) is 3.10. The van der Waals surface area contributed by atoms with Gasteiger partial charge >= 0.3 is 0 Å².